The molecule has 3 aromatic rings. The van der Waals surface area contributed by atoms with E-state index < -0.39 is 0 Å². The van der Waals surface area contributed by atoms with Gasteiger partial charge in [-0.2, -0.15) is 14.9 Å². The van der Waals surface area contributed by atoms with Crippen LogP contribution >= 0.6 is 12.2 Å². The van der Waals surface area contributed by atoms with Crippen LogP contribution in [0.1, 0.15) is 11.3 Å². The van der Waals surface area contributed by atoms with Crippen LogP contribution in [-0.2, 0) is 0 Å². The predicted molar refractivity (Wildman–Crippen MR) is 88.1 cm³/mol. The normalized spacial score (nSPS) is 11.2. The first-order valence-corrected chi connectivity index (χ1v) is 7.12. The van der Waals surface area contributed by atoms with Crippen molar-refractivity contribution in [2.45, 2.75) is 6.92 Å². The molecular weight excluding hydrogens is 314 g/mol. The van der Waals surface area contributed by atoms with Gasteiger partial charge < -0.3 is 10.2 Å². The largest absolute Gasteiger partial charge is 0.508 e. The molecule has 2 aromatic heterocycles. The lowest BCUT2D eigenvalue weighted by Gasteiger charge is -2.02. The van der Waals surface area contributed by atoms with Gasteiger partial charge >= 0.3 is 0 Å². The Morgan fingerprint density at radius 2 is 2.09 bits per heavy atom. The average Bonchev–Trinajstić information content (AvgIpc) is 2.88. The van der Waals surface area contributed by atoms with Crippen molar-refractivity contribution in [1.29, 1.82) is 0 Å². The molecular formula is C15H13N5O2S. The summed E-state index contributed by atoms with van der Waals surface area (Å²) in [5, 5.41) is 30.2. The maximum absolute atomic E-state index is 9.79. The maximum Gasteiger partial charge on any atom is 0.216 e. The van der Waals surface area contributed by atoms with Gasteiger partial charge in [0, 0.05) is 29.1 Å². The summed E-state index contributed by atoms with van der Waals surface area (Å²) in [5.74, 6) is 0.408. The number of aromatic amines is 1. The van der Waals surface area contributed by atoms with E-state index in [-0.39, 0.29) is 11.5 Å². The fourth-order valence-corrected chi connectivity index (χ4v) is 2.13. The first-order chi connectivity index (χ1) is 11.0. The number of hydrogen-bond donors (Lipinski definition) is 3. The molecule has 0 radical (unpaired) electrons. The van der Waals surface area contributed by atoms with E-state index in [2.05, 4.69) is 20.3 Å². The van der Waals surface area contributed by atoms with Crippen LogP contribution in [0.5, 0.6) is 11.5 Å². The standard InChI is InChI=1S/C15H13N5O2S/c1-9-2-3-11(7-16-9)14-18-19-15(23)20(14)17-8-10-4-5-12(21)6-13(10)22/h2-8,21-22H,1H3,(H,19,23). The molecule has 0 unspecified atom stereocenters. The fourth-order valence-electron chi connectivity index (χ4n) is 1.95. The summed E-state index contributed by atoms with van der Waals surface area (Å²) in [6.45, 7) is 1.90. The Hall–Kier alpha value is -3.00. The van der Waals surface area contributed by atoms with Gasteiger partial charge in [-0.25, -0.2) is 5.10 Å². The molecule has 2 heterocycles. The van der Waals surface area contributed by atoms with E-state index >= 15 is 0 Å². The minimum atomic E-state index is -0.0812. The first kappa shape index (κ1) is 14.9. The lowest BCUT2D eigenvalue weighted by atomic mass is 10.2. The summed E-state index contributed by atoms with van der Waals surface area (Å²) in [4.78, 5) is 4.23. The van der Waals surface area contributed by atoms with Crippen molar-refractivity contribution in [3.8, 4) is 22.9 Å². The zero-order valence-corrected chi connectivity index (χ0v) is 12.9. The molecule has 0 aliphatic carbocycles. The Labute approximate surface area is 136 Å². The Kier molecular flexibility index (Phi) is 3.90. The number of aromatic nitrogens is 4. The van der Waals surface area contributed by atoms with E-state index in [4.69, 9.17) is 12.2 Å². The number of hydrogen-bond acceptors (Lipinski definition) is 6. The summed E-state index contributed by atoms with van der Waals surface area (Å²) < 4.78 is 1.75. The summed E-state index contributed by atoms with van der Waals surface area (Å²) in [6.07, 6.45) is 3.12. The van der Waals surface area contributed by atoms with E-state index in [9.17, 15) is 10.2 Å². The number of nitrogens with zero attached hydrogens (tertiary/aromatic N) is 4. The smallest absolute Gasteiger partial charge is 0.216 e. The van der Waals surface area contributed by atoms with E-state index in [1.54, 1.807) is 12.3 Å². The van der Waals surface area contributed by atoms with Crippen molar-refractivity contribution >= 4 is 18.4 Å². The molecule has 0 aliphatic heterocycles. The minimum absolute atomic E-state index is 0.0222. The van der Waals surface area contributed by atoms with E-state index in [1.165, 1.54) is 23.0 Å². The number of nitrogens with one attached hydrogen (secondary N) is 1. The molecule has 0 fully saturated rings. The number of rotatable bonds is 3. The van der Waals surface area contributed by atoms with Crippen molar-refractivity contribution < 1.29 is 10.2 Å². The molecule has 0 bridgehead atoms. The van der Waals surface area contributed by atoms with Gasteiger partial charge in [-0.15, -0.1) is 0 Å². The molecule has 0 saturated carbocycles. The van der Waals surface area contributed by atoms with Crippen LogP contribution in [0.4, 0.5) is 0 Å². The number of phenolic OH excluding ortho intramolecular Hbond substituents is 2. The quantitative estimate of drug-likeness (QED) is 0.507. The van der Waals surface area contributed by atoms with Gasteiger partial charge in [0.2, 0.25) is 4.77 Å². The second-order valence-electron chi connectivity index (χ2n) is 4.84. The molecule has 7 nitrogen and oxygen atoms in total. The number of H-pyrrole nitrogens is 1. The lowest BCUT2D eigenvalue weighted by molar-refractivity contribution is 0.450. The van der Waals surface area contributed by atoms with Crippen molar-refractivity contribution in [2.75, 3.05) is 0 Å². The van der Waals surface area contributed by atoms with Crippen LogP contribution in [0.15, 0.2) is 41.6 Å². The van der Waals surface area contributed by atoms with Crippen LogP contribution in [0, 0.1) is 11.7 Å². The van der Waals surface area contributed by atoms with Crippen molar-refractivity contribution in [2.24, 2.45) is 5.10 Å². The monoisotopic (exact) mass is 327 g/mol. The average molecular weight is 327 g/mol. The van der Waals surface area contributed by atoms with Crippen LogP contribution in [0.25, 0.3) is 11.4 Å². The predicted octanol–water partition coefficient (Wildman–Crippen LogP) is 2.60. The molecule has 23 heavy (non-hydrogen) atoms. The number of aromatic hydroxyl groups is 2. The van der Waals surface area contributed by atoms with Gasteiger partial charge in [0.1, 0.15) is 11.5 Å². The molecule has 8 heteroatoms. The van der Waals surface area contributed by atoms with Crippen molar-refractivity contribution in [3.05, 3.63) is 52.6 Å². The van der Waals surface area contributed by atoms with Gasteiger partial charge in [-0.3, -0.25) is 4.98 Å². The van der Waals surface area contributed by atoms with Crippen molar-refractivity contribution in [1.82, 2.24) is 19.9 Å². The summed E-state index contributed by atoms with van der Waals surface area (Å²) in [5.41, 5.74) is 2.10. The van der Waals surface area contributed by atoms with Crippen LogP contribution < -0.4 is 0 Å². The number of phenols is 2. The molecule has 0 aliphatic rings. The van der Waals surface area contributed by atoms with Gasteiger partial charge in [0.15, 0.2) is 5.82 Å². The van der Waals surface area contributed by atoms with Crippen LogP contribution in [0.3, 0.4) is 0 Å². The highest BCUT2D eigenvalue weighted by Crippen LogP contribution is 2.21. The maximum atomic E-state index is 9.79. The Morgan fingerprint density at radius 3 is 2.78 bits per heavy atom. The van der Waals surface area contributed by atoms with Gasteiger partial charge in [0.25, 0.3) is 0 Å². The Morgan fingerprint density at radius 1 is 1.26 bits per heavy atom. The topological polar surface area (TPSA) is 99.3 Å². The first-order valence-electron chi connectivity index (χ1n) is 6.71. The van der Waals surface area contributed by atoms with Crippen LogP contribution in [-0.4, -0.2) is 36.3 Å². The van der Waals surface area contributed by atoms with Gasteiger partial charge in [-0.05, 0) is 43.4 Å². The third-order valence-corrected chi connectivity index (χ3v) is 3.41. The molecule has 0 atom stereocenters. The van der Waals surface area contributed by atoms with E-state index in [1.807, 2.05) is 19.1 Å². The molecule has 3 N–H and O–H groups in total. The number of pyridine rings is 1. The Bertz CT molecular complexity index is 928. The van der Waals surface area contributed by atoms with E-state index in [0.717, 1.165) is 11.3 Å². The second-order valence-corrected chi connectivity index (χ2v) is 5.23. The summed E-state index contributed by atoms with van der Waals surface area (Å²) >= 11 is 5.18. The third-order valence-electron chi connectivity index (χ3n) is 3.15. The Balaban J connectivity index is 2.00. The van der Waals surface area contributed by atoms with E-state index in [0.29, 0.717) is 16.2 Å². The summed E-state index contributed by atoms with van der Waals surface area (Å²) in [6, 6.07) is 7.98. The summed E-state index contributed by atoms with van der Waals surface area (Å²) in [7, 11) is 0. The lowest BCUT2D eigenvalue weighted by Crippen LogP contribution is -1.96. The highest BCUT2D eigenvalue weighted by Gasteiger charge is 2.08. The molecule has 116 valence electrons. The molecule has 3 rings (SSSR count). The minimum Gasteiger partial charge on any atom is -0.508 e. The highest BCUT2D eigenvalue weighted by atomic mass is 32.1. The molecule has 0 saturated heterocycles. The fraction of sp³-hybridized carbons (Fsp3) is 0.0667. The zero-order valence-electron chi connectivity index (χ0n) is 12.1. The van der Waals surface area contributed by atoms with Gasteiger partial charge in [-0.1, -0.05) is 0 Å². The molecule has 0 spiro atoms. The zero-order chi connectivity index (χ0) is 16.4. The number of aryl methyl sites for hydroxylation is 1. The SMILES string of the molecule is Cc1ccc(-c2n[nH]c(=S)n2N=Cc2ccc(O)cc2O)cn1. The van der Waals surface area contributed by atoms with Crippen LogP contribution in [0.2, 0.25) is 0 Å². The number of benzene rings is 1. The highest BCUT2D eigenvalue weighted by molar-refractivity contribution is 7.71. The third kappa shape index (κ3) is 3.11. The second kappa shape index (κ2) is 6.01. The van der Waals surface area contributed by atoms with Crippen molar-refractivity contribution in [3.63, 3.8) is 0 Å². The van der Waals surface area contributed by atoms with Gasteiger partial charge in [0.05, 0.1) is 6.21 Å². The molecule has 1 aromatic carbocycles. The molecule has 0 amide bonds.